The van der Waals surface area contributed by atoms with Crippen LogP contribution in [0.25, 0.3) is 10.9 Å². The highest BCUT2D eigenvalue weighted by Gasteiger charge is 2.19. The molecule has 0 spiro atoms. The van der Waals surface area contributed by atoms with Gasteiger partial charge in [0.05, 0.1) is 13.7 Å². The number of carbonyl (C=O) groups is 2. The third-order valence-corrected chi connectivity index (χ3v) is 6.36. The number of anilines is 1. The molecule has 1 aromatic heterocycles. The van der Waals surface area contributed by atoms with E-state index in [0.29, 0.717) is 47.2 Å². The SMILES string of the molecule is CCCCNC(=O)C(=O)Nc1ccc(Oc2ccnc3c(OC)c(OCC4CCNCC4)ccc23)c(F)c1. The number of benzene rings is 2. The number of aromatic nitrogens is 1. The largest absolute Gasteiger partial charge is 0.491 e. The van der Waals surface area contributed by atoms with Crippen LogP contribution in [0.5, 0.6) is 23.0 Å². The molecule has 202 valence electrons. The van der Waals surface area contributed by atoms with Crippen LogP contribution in [-0.4, -0.2) is 50.1 Å². The Morgan fingerprint density at radius 3 is 2.61 bits per heavy atom. The lowest BCUT2D eigenvalue weighted by Gasteiger charge is -2.23. The van der Waals surface area contributed by atoms with E-state index in [9.17, 15) is 14.0 Å². The molecular formula is C28H33FN4O5. The molecule has 3 N–H and O–H groups in total. The van der Waals surface area contributed by atoms with E-state index >= 15 is 0 Å². The van der Waals surface area contributed by atoms with E-state index in [0.717, 1.165) is 44.8 Å². The normalized spacial score (nSPS) is 13.7. The van der Waals surface area contributed by atoms with Crippen molar-refractivity contribution in [2.75, 3.05) is 38.7 Å². The van der Waals surface area contributed by atoms with Gasteiger partial charge in [-0.25, -0.2) is 4.39 Å². The van der Waals surface area contributed by atoms with E-state index in [-0.39, 0.29) is 11.4 Å². The molecule has 2 heterocycles. The minimum Gasteiger partial charge on any atom is -0.491 e. The first-order valence-electron chi connectivity index (χ1n) is 12.9. The Labute approximate surface area is 221 Å². The number of amides is 2. The maximum Gasteiger partial charge on any atom is 0.313 e. The molecule has 3 aromatic rings. The number of halogens is 1. The summed E-state index contributed by atoms with van der Waals surface area (Å²) in [5.74, 6) is -0.448. The number of fused-ring (bicyclic) bond motifs is 1. The standard InChI is InChI=1S/C28H33FN4O5/c1-3-4-12-32-27(34)28(35)33-19-5-7-23(21(29)16-19)38-22-11-15-31-25-20(22)6-8-24(26(25)36-2)37-17-18-9-13-30-14-10-18/h5-8,11,15-16,18,30H,3-4,9-10,12-14,17H2,1-2H3,(H,32,34)(H,33,35). The number of methoxy groups -OCH3 is 1. The second kappa shape index (κ2) is 13.0. The van der Waals surface area contributed by atoms with Gasteiger partial charge in [0.15, 0.2) is 23.1 Å². The van der Waals surface area contributed by atoms with Crippen molar-refractivity contribution in [3.63, 3.8) is 0 Å². The first-order chi connectivity index (χ1) is 18.5. The maximum atomic E-state index is 14.9. The molecule has 38 heavy (non-hydrogen) atoms. The molecule has 1 aliphatic rings. The van der Waals surface area contributed by atoms with Gasteiger partial charge in [0.2, 0.25) is 0 Å². The lowest BCUT2D eigenvalue weighted by Crippen LogP contribution is -2.35. The van der Waals surface area contributed by atoms with Crippen LogP contribution >= 0.6 is 0 Å². The Morgan fingerprint density at radius 2 is 1.87 bits per heavy atom. The summed E-state index contributed by atoms with van der Waals surface area (Å²) in [6, 6.07) is 9.20. The quantitative estimate of drug-likeness (QED) is 0.266. The molecule has 1 fully saturated rings. The van der Waals surface area contributed by atoms with Gasteiger partial charge in [-0.1, -0.05) is 13.3 Å². The average molecular weight is 525 g/mol. The van der Waals surface area contributed by atoms with Crippen LogP contribution in [0.4, 0.5) is 10.1 Å². The first kappa shape index (κ1) is 27.1. The van der Waals surface area contributed by atoms with Crippen LogP contribution in [0.3, 0.4) is 0 Å². The van der Waals surface area contributed by atoms with E-state index < -0.39 is 17.6 Å². The molecule has 1 saturated heterocycles. The zero-order valence-electron chi connectivity index (χ0n) is 21.6. The van der Waals surface area contributed by atoms with Gasteiger partial charge >= 0.3 is 11.8 Å². The van der Waals surface area contributed by atoms with Crippen LogP contribution in [0, 0.1) is 11.7 Å². The van der Waals surface area contributed by atoms with Gasteiger partial charge in [-0.05, 0) is 68.6 Å². The molecule has 4 rings (SSSR count). The number of carbonyl (C=O) groups excluding carboxylic acids is 2. The number of ether oxygens (including phenoxy) is 3. The molecular weight excluding hydrogens is 491 g/mol. The second-order valence-corrected chi connectivity index (χ2v) is 9.12. The average Bonchev–Trinajstić information content (AvgIpc) is 2.93. The van der Waals surface area contributed by atoms with E-state index in [2.05, 4.69) is 20.9 Å². The molecule has 0 bridgehead atoms. The van der Waals surface area contributed by atoms with Crippen molar-refractivity contribution < 1.29 is 28.2 Å². The minimum absolute atomic E-state index is 0.0481. The highest BCUT2D eigenvalue weighted by atomic mass is 19.1. The lowest BCUT2D eigenvalue weighted by molar-refractivity contribution is -0.136. The van der Waals surface area contributed by atoms with Gasteiger partial charge in [-0.2, -0.15) is 0 Å². The highest BCUT2D eigenvalue weighted by Crippen LogP contribution is 2.39. The summed E-state index contributed by atoms with van der Waals surface area (Å²) in [6.45, 7) is 4.95. The molecule has 1 aliphatic heterocycles. The van der Waals surface area contributed by atoms with Crippen molar-refractivity contribution >= 4 is 28.4 Å². The molecule has 2 amide bonds. The number of hydrogen-bond acceptors (Lipinski definition) is 7. The Hall–Kier alpha value is -3.92. The summed E-state index contributed by atoms with van der Waals surface area (Å²) >= 11 is 0. The highest BCUT2D eigenvalue weighted by molar-refractivity contribution is 6.39. The smallest absolute Gasteiger partial charge is 0.313 e. The van der Waals surface area contributed by atoms with Crippen molar-refractivity contribution in [2.24, 2.45) is 5.92 Å². The summed E-state index contributed by atoms with van der Waals surface area (Å²) in [6.07, 6.45) is 5.34. The summed E-state index contributed by atoms with van der Waals surface area (Å²) in [5.41, 5.74) is 0.675. The molecule has 9 nitrogen and oxygen atoms in total. The molecule has 0 radical (unpaired) electrons. The van der Waals surface area contributed by atoms with E-state index in [1.54, 1.807) is 25.4 Å². The number of pyridine rings is 1. The van der Waals surface area contributed by atoms with E-state index in [1.807, 2.05) is 13.0 Å². The fraction of sp³-hybridized carbons (Fsp3) is 0.393. The van der Waals surface area contributed by atoms with Crippen LogP contribution < -0.4 is 30.2 Å². The summed E-state index contributed by atoms with van der Waals surface area (Å²) < 4.78 is 32.5. The third kappa shape index (κ3) is 6.69. The Bertz CT molecular complexity index is 1280. The predicted octanol–water partition coefficient (Wildman–Crippen LogP) is 4.41. The van der Waals surface area contributed by atoms with Crippen molar-refractivity contribution in [3.05, 3.63) is 48.4 Å². The van der Waals surface area contributed by atoms with Crippen molar-refractivity contribution in [2.45, 2.75) is 32.6 Å². The summed E-state index contributed by atoms with van der Waals surface area (Å²) in [4.78, 5) is 28.4. The summed E-state index contributed by atoms with van der Waals surface area (Å²) in [5, 5.41) is 8.89. The number of rotatable bonds is 10. The molecule has 0 aliphatic carbocycles. The maximum absolute atomic E-state index is 14.9. The Kier molecular flexibility index (Phi) is 9.31. The van der Waals surface area contributed by atoms with Crippen LogP contribution in [0.15, 0.2) is 42.6 Å². The van der Waals surface area contributed by atoms with Gasteiger partial charge in [0, 0.05) is 29.9 Å². The minimum atomic E-state index is -0.862. The zero-order chi connectivity index (χ0) is 26.9. The second-order valence-electron chi connectivity index (χ2n) is 9.12. The van der Waals surface area contributed by atoms with Gasteiger partial charge < -0.3 is 30.2 Å². The van der Waals surface area contributed by atoms with E-state index in [1.165, 1.54) is 12.1 Å². The monoisotopic (exact) mass is 524 g/mol. The fourth-order valence-corrected chi connectivity index (χ4v) is 4.23. The van der Waals surface area contributed by atoms with Gasteiger partial charge in [0.25, 0.3) is 0 Å². The Morgan fingerprint density at radius 1 is 1.08 bits per heavy atom. The van der Waals surface area contributed by atoms with Gasteiger partial charge in [-0.3, -0.25) is 14.6 Å². The van der Waals surface area contributed by atoms with E-state index in [4.69, 9.17) is 14.2 Å². The van der Waals surface area contributed by atoms with Gasteiger partial charge in [0.1, 0.15) is 11.3 Å². The molecule has 0 saturated carbocycles. The number of nitrogens with zero attached hydrogens (tertiary/aromatic N) is 1. The first-order valence-corrected chi connectivity index (χ1v) is 12.9. The van der Waals surface area contributed by atoms with Crippen LogP contribution in [0.1, 0.15) is 32.6 Å². The number of nitrogens with one attached hydrogen (secondary N) is 3. The molecule has 10 heteroatoms. The van der Waals surface area contributed by atoms with Crippen LogP contribution in [-0.2, 0) is 9.59 Å². The molecule has 0 atom stereocenters. The lowest BCUT2D eigenvalue weighted by atomic mass is 9.99. The van der Waals surface area contributed by atoms with Crippen molar-refractivity contribution in [1.82, 2.24) is 15.6 Å². The van der Waals surface area contributed by atoms with Crippen molar-refractivity contribution in [3.8, 4) is 23.0 Å². The molecule has 2 aromatic carbocycles. The third-order valence-electron chi connectivity index (χ3n) is 6.36. The Balaban J connectivity index is 1.47. The topological polar surface area (TPSA) is 111 Å². The van der Waals surface area contributed by atoms with Crippen molar-refractivity contribution in [1.29, 1.82) is 0 Å². The summed E-state index contributed by atoms with van der Waals surface area (Å²) in [7, 11) is 1.55. The number of hydrogen-bond donors (Lipinski definition) is 3. The van der Waals surface area contributed by atoms with Crippen LogP contribution in [0.2, 0.25) is 0 Å². The predicted molar refractivity (Wildman–Crippen MR) is 142 cm³/mol. The number of unbranched alkanes of at least 4 members (excludes halogenated alkanes) is 1. The molecule has 0 unspecified atom stereocenters. The zero-order valence-corrected chi connectivity index (χ0v) is 21.6. The number of piperidine rings is 1. The fourth-order valence-electron chi connectivity index (χ4n) is 4.23. The van der Waals surface area contributed by atoms with Gasteiger partial charge in [-0.15, -0.1) is 0 Å².